The van der Waals surface area contributed by atoms with Crippen LogP contribution >= 0.6 is 16.8 Å². The highest BCUT2D eigenvalue weighted by atomic mass is 31.2. The zero-order chi connectivity index (χ0) is 21.5. The Kier molecular flexibility index (Phi) is 11.5. The summed E-state index contributed by atoms with van der Waals surface area (Å²) >= 11 is 0. The Hall–Kier alpha value is 0.700. The van der Waals surface area contributed by atoms with Gasteiger partial charge in [-0.05, 0) is 95.9 Å². The maximum atomic E-state index is 6.17. The average molecular weight is 425 g/mol. The Morgan fingerprint density at radius 2 is 0.630 bits per heavy atom. The van der Waals surface area contributed by atoms with Crippen LogP contribution in [0.25, 0.3) is 0 Å². The molecule has 0 amide bonds. The van der Waals surface area contributed by atoms with Gasteiger partial charge in [-0.2, -0.15) is 0 Å². The van der Waals surface area contributed by atoms with Gasteiger partial charge in [0.05, 0.1) is 22.4 Å². The van der Waals surface area contributed by atoms with Gasteiger partial charge in [0.1, 0.15) is 0 Å². The normalized spacial score (nSPS) is 14.4. The van der Waals surface area contributed by atoms with Crippen LogP contribution in [0.4, 0.5) is 0 Å². The van der Waals surface area contributed by atoms with Crippen molar-refractivity contribution >= 4 is 16.8 Å². The highest BCUT2D eigenvalue weighted by Gasteiger charge is 2.26. The summed E-state index contributed by atoms with van der Waals surface area (Å²) in [6, 6.07) is 0. The van der Waals surface area contributed by atoms with Crippen LogP contribution in [0.3, 0.4) is 0 Å². The molecule has 164 valence electrons. The third-order valence-corrected chi connectivity index (χ3v) is 7.05. The summed E-state index contributed by atoms with van der Waals surface area (Å²) < 4.78 is 24.7. The monoisotopic (exact) mass is 424 g/mol. The molecular formula is C21H46O4P2. The second kappa shape index (κ2) is 11.2. The minimum absolute atomic E-state index is 0.174. The zero-order valence-corrected chi connectivity index (χ0v) is 21.9. The fourth-order valence-corrected chi connectivity index (χ4v) is 5.95. The fourth-order valence-electron chi connectivity index (χ4n) is 2.10. The standard InChI is InChI=1S/C21H46O4P2/c1-18(2,3)22-26(23-19(4,5)6)16-14-13-15-17-27(24-20(7,8)9)25-21(10,11)12/h13-17H2,1-12H3. The Morgan fingerprint density at radius 3 is 0.815 bits per heavy atom. The average Bonchev–Trinajstić information content (AvgIpc) is 2.29. The quantitative estimate of drug-likeness (QED) is 0.263. The number of hydrogen-bond donors (Lipinski definition) is 0. The third kappa shape index (κ3) is 19.8. The summed E-state index contributed by atoms with van der Waals surface area (Å²) in [4.78, 5) is 0. The van der Waals surface area contributed by atoms with Crippen LogP contribution in [0, 0.1) is 0 Å². The molecule has 0 saturated carbocycles. The first-order chi connectivity index (χ1) is 11.9. The molecule has 0 N–H and O–H groups in total. The van der Waals surface area contributed by atoms with E-state index in [9.17, 15) is 0 Å². The van der Waals surface area contributed by atoms with E-state index in [1.54, 1.807) is 0 Å². The molecule has 0 aromatic heterocycles. The molecule has 6 heteroatoms. The smallest absolute Gasteiger partial charge is 0.171 e. The fraction of sp³-hybridized carbons (Fsp3) is 1.00. The van der Waals surface area contributed by atoms with Gasteiger partial charge in [-0.25, -0.2) is 0 Å². The lowest BCUT2D eigenvalue weighted by Gasteiger charge is -2.32. The Bertz CT molecular complexity index is 330. The van der Waals surface area contributed by atoms with Crippen LogP contribution in [-0.4, -0.2) is 34.7 Å². The molecule has 0 spiro atoms. The molecule has 0 aromatic rings. The maximum Gasteiger partial charge on any atom is 0.171 e. The summed E-state index contributed by atoms with van der Waals surface area (Å²) in [5.74, 6) is 0. The van der Waals surface area contributed by atoms with Gasteiger partial charge in [-0.15, -0.1) is 0 Å². The van der Waals surface area contributed by atoms with Crippen LogP contribution in [0.15, 0.2) is 0 Å². The van der Waals surface area contributed by atoms with Gasteiger partial charge in [0.15, 0.2) is 16.8 Å². The van der Waals surface area contributed by atoms with Gasteiger partial charge in [0, 0.05) is 12.3 Å². The van der Waals surface area contributed by atoms with E-state index in [0.717, 1.165) is 31.6 Å². The molecule has 27 heavy (non-hydrogen) atoms. The molecule has 0 fully saturated rings. The highest BCUT2D eigenvalue weighted by Crippen LogP contribution is 2.48. The van der Waals surface area contributed by atoms with E-state index in [-0.39, 0.29) is 22.4 Å². The molecule has 0 aliphatic heterocycles. The Morgan fingerprint density at radius 1 is 0.407 bits per heavy atom. The van der Waals surface area contributed by atoms with Crippen molar-refractivity contribution in [2.24, 2.45) is 0 Å². The first-order valence-electron chi connectivity index (χ1n) is 10.2. The van der Waals surface area contributed by atoms with Crippen LogP contribution < -0.4 is 0 Å². The molecule has 4 nitrogen and oxygen atoms in total. The maximum absolute atomic E-state index is 6.17. The molecule has 0 aromatic carbocycles. The Balaban J connectivity index is 4.46. The van der Waals surface area contributed by atoms with Crippen molar-refractivity contribution in [1.29, 1.82) is 0 Å². The summed E-state index contributed by atoms with van der Waals surface area (Å²) in [5, 5.41) is 0. The lowest BCUT2D eigenvalue weighted by Crippen LogP contribution is -2.23. The molecule has 0 heterocycles. The van der Waals surface area contributed by atoms with E-state index in [4.69, 9.17) is 18.1 Å². The van der Waals surface area contributed by atoms with E-state index in [2.05, 4.69) is 83.1 Å². The van der Waals surface area contributed by atoms with Crippen molar-refractivity contribution in [3.63, 3.8) is 0 Å². The predicted octanol–water partition coefficient (Wildman–Crippen LogP) is 8.04. The topological polar surface area (TPSA) is 36.9 Å². The van der Waals surface area contributed by atoms with Gasteiger partial charge in [-0.1, -0.05) is 6.42 Å². The summed E-state index contributed by atoms with van der Waals surface area (Å²) in [6.45, 7) is 25.1. The van der Waals surface area contributed by atoms with E-state index in [0.29, 0.717) is 0 Å². The molecule has 0 atom stereocenters. The largest absolute Gasteiger partial charge is 0.328 e. The highest BCUT2D eigenvalue weighted by molar-refractivity contribution is 7.47. The second-order valence-electron chi connectivity index (χ2n) is 11.0. The molecule has 0 radical (unpaired) electrons. The number of rotatable bonds is 10. The Labute approximate surface area is 172 Å². The lowest BCUT2D eigenvalue weighted by molar-refractivity contribution is 0.0723. The van der Waals surface area contributed by atoms with Gasteiger partial charge in [0.2, 0.25) is 0 Å². The van der Waals surface area contributed by atoms with Gasteiger partial charge >= 0.3 is 0 Å². The van der Waals surface area contributed by atoms with Crippen LogP contribution in [-0.2, 0) is 18.1 Å². The van der Waals surface area contributed by atoms with Crippen molar-refractivity contribution in [3.05, 3.63) is 0 Å². The number of hydrogen-bond acceptors (Lipinski definition) is 4. The van der Waals surface area contributed by atoms with E-state index < -0.39 is 16.8 Å². The van der Waals surface area contributed by atoms with Crippen LogP contribution in [0.2, 0.25) is 0 Å². The first kappa shape index (κ1) is 27.7. The summed E-state index contributed by atoms with van der Waals surface area (Å²) in [7, 11) is -1.74. The number of unbranched alkanes of at least 4 members (excludes halogenated alkanes) is 2. The van der Waals surface area contributed by atoms with Crippen molar-refractivity contribution in [2.75, 3.05) is 12.3 Å². The molecular weight excluding hydrogens is 378 g/mol. The second-order valence-corrected chi connectivity index (χ2v) is 13.9. The van der Waals surface area contributed by atoms with Gasteiger partial charge in [0.25, 0.3) is 0 Å². The van der Waals surface area contributed by atoms with Crippen molar-refractivity contribution in [2.45, 2.75) is 125 Å². The van der Waals surface area contributed by atoms with Crippen molar-refractivity contribution in [1.82, 2.24) is 0 Å². The molecule has 0 rings (SSSR count). The van der Waals surface area contributed by atoms with E-state index in [1.807, 2.05) is 0 Å². The molecule has 0 unspecified atom stereocenters. The van der Waals surface area contributed by atoms with E-state index >= 15 is 0 Å². The summed E-state index contributed by atoms with van der Waals surface area (Å²) in [6.07, 6.45) is 5.29. The molecule has 0 aliphatic carbocycles. The minimum atomic E-state index is -0.870. The van der Waals surface area contributed by atoms with E-state index in [1.165, 1.54) is 0 Å². The SMILES string of the molecule is CC(C)(C)OP(CCCCCP(OC(C)(C)C)OC(C)(C)C)OC(C)(C)C. The molecule has 0 bridgehead atoms. The van der Waals surface area contributed by atoms with Crippen molar-refractivity contribution < 1.29 is 18.1 Å². The van der Waals surface area contributed by atoms with Crippen molar-refractivity contribution in [3.8, 4) is 0 Å². The van der Waals surface area contributed by atoms with Gasteiger partial charge in [-0.3, -0.25) is 0 Å². The molecule has 0 saturated heterocycles. The molecule has 0 aliphatic rings. The minimum Gasteiger partial charge on any atom is -0.328 e. The van der Waals surface area contributed by atoms with Crippen LogP contribution in [0.1, 0.15) is 102 Å². The summed E-state index contributed by atoms with van der Waals surface area (Å²) in [5.41, 5.74) is -0.697. The zero-order valence-electron chi connectivity index (χ0n) is 20.1. The lowest BCUT2D eigenvalue weighted by atomic mass is 10.2. The van der Waals surface area contributed by atoms with Gasteiger partial charge < -0.3 is 18.1 Å². The first-order valence-corrected chi connectivity index (χ1v) is 12.9. The van der Waals surface area contributed by atoms with Crippen LogP contribution in [0.5, 0.6) is 0 Å². The third-order valence-electron chi connectivity index (χ3n) is 2.68. The predicted molar refractivity (Wildman–Crippen MR) is 121 cm³/mol.